The quantitative estimate of drug-likeness (QED) is 0.925. The SMILES string of the molecule is Cc1nn(C(C)C)c(Oc2cccc(C(F)(F)F)c2)c1N. The average molecular weight is 299 g/mol. The number of hydrogen-bond acceptors (Lipinski definition) is 3. The Bertz CT molecular complexity index is 647. The molecule has 0 atom stereocenters. The fraction of sp³-hybridized carbons (Fsp3) is 0.357. The number of benzene rings is 1. The molecule has 1 aromatic heterocycles. The number of ether oxygens (including phenoxy) is 1. The molecule has 2 rings (SSSR count). The van der Waals surface area contributed by atoms with Crippen molar-refractivity contribution in [2.75, 3.05) is 5.73 Å². The van der Waals surface area contributed by atoms with Crippen LogP contribution >= 0.6 is 0 Å². The number of nitrogens with two attached hydrogens (primary N) is 1. The Morgan fingerprint density at radius 2 is 1.95 bits per heavy atom. The van der Waals surface area contributed by atoms with Crippen LogP contribution in [-0.4, -0.2) is 9.78 Å². The number of nitrogen functional groups attached to an aromatic ring is 1. The lowest BCUT2D eigenvalue weighted by Crippen LogP contribution is -2.07. The zero-order valence-corrected chi connectivity index (χ0v) is 11.9. The van der Waals surface area contributed by atoms with Crippen molar-refractivity contribution < 1.29 is 17.9 Å². The van der Waals surface area contributed by atoms with Crippen molar-refractivity contribution >= 4 is 5.69 Å². The number of halogens is 3. The molecular formula is C14H16F3N3O. The largest absolute Gasteiger partial charge is 0.437 e. The van der Waals surface area contributed by atoms with E-state index in [1.165, 1.54) is 12.1 Å². The summed E-state index contributed by atoms with van der Waals surface area (Å²) in [5.74, 6) is 0.320. The van der Waals surface area contributed by atoms with E-state index in [1.54, 1.807) is 11.6 Å². The molecule has 0 bridgehead atoms. The molecule has 0 spiro atoms. The molecule has 1 heterocycles. The maximum Gasteiger partial charge on any atom is 0.416 e. The van der Waals surface area contributed by atoms with Crippen LogP contribution < -0.4 is 10.5 Å². The van der Waals surface area contributed by atoms with E-state index >= 15 is 0 Å². The van der Waals surface area contributed by atoms with Crippen molar-refractivity contribution in [1.29, 1.82) is 0 Å². The minimum absolute atomic E-state index is 0.0261. The second kappa shape index (κ2) is 5.31. The van der Waals surface area contributed by atoms with Crippen LogP contribution in [0.15, 0.2) is 24.3 Å². The number of aromatic nitrogens is 2. The zero-order valence-electron chi connectivity index (χ0n) is 11.9. The first-order chi connectivity index (χ1) is 9.70. The van der Waals surface area contributed by atoms with Crippen LogP contribution in [0.1, 0.15) is 31.1 Å². The van der Waals surface area contributed by atoms with E-state index in [0.29, 0.717) is 11.4 Å². The van der Waals surface area contributed by atoms with Crippen LogP contribution in [0, 0.1) is 6.92 Å². The Hall–Kier alpha value is -2.18. The van der Waals surface area contributed by atoms with Gasteiger partial charge in [0, 0.05) is 0 Å². The van der Waals surface area contributed by atoms with E-state index in [4.69, 9.17) is 10.5 Å². The molecule has 0 saturated heterocycles. The maximum atomic E-state index is 12.7. The molecule has 0 unspecified atom stereocenters. The smallest absolute Gasteiger partial charge is 0.416 e. The van der Waals surface area contributed by atoms with Gasteiger partial charge in [-0.05, 0) is 39.0 Å². The summed E-state index contributed by atoms with van der Waals surface area (Å²) in [6.45, 7) is 5.48. The first kappa shape index (κ1) is 15.2. The van der Waals surface area contributed by atoms with Gasteiger partial charge in [0.2, 0.25) is 5.88 Å². The van der Waals surface area contributed by atoms with Gasteiger partial charge in [0.25, 0.3) is 0 Å². The lowest BCUT2D eigenvalue weighted by molar-refractivity contribution is -0.137. The molecule has 0 aliphatic rings. The Kier molecular flexibility index (Phi) is 3.85. The Morgan fingerprint density at radius 1 is 1.29 bits per heavy atom. The van der Waals surface area contributed by atoms with Gasteiger partial charge >= 0.3 is 6.18 Å². The summed E-state index contributed by atoms with van der Waals surface area (Å²) >= 11 is 0. The summed E-state index contributed by atoms with van der Waals surface area (Å²) in [5, 5.41) is 4.22. The first-order valence-electron chi connectivity index (χ1n) is 6.40. The molecule has 2 N–H and O–H groups in total. The van der Waals surface area contributed by atoms with Gasteiger partial charge in [-0.15, -0.1) is 0 Å². The molecule has 0 fully saturated rings. The van der Waals surface area contributed by atoms with Crippen molar-refractivity contribution in [3.8, 4) is 11.6 Å². The van der Waals surface area contributed by atoms with Gasteiger partial charge in [-0.2, -0.15) is 18.3 Å². The van der Waals surface area contributed by atoms with E-state index < -0.39 is 11.7 Å². The standard InChI is InChI=1S/C14H16F3N3O/c1-8(2)20-13(12(18)9(3)19-20)21-11-6-4-5-10(7-11)14(15,16)17/h4-8H,18H2,1-3H3. The summed E-state index contributed by atoms with van der Waals surface area (Å²) in [6, 6.07) is 4.63. The maximum absolute atomic E-state index is 12.7. The molecule has 0 aliphatic heterocycles. The third kappa shape index (κ3) is 3.12. The molecule has 1 aromatic carbocycles. The van der Waals surface area contributed by atoms with Crippen molar-refractivity contribution in [3.63, 3.8) is 0 Å². The monoisotopic (exact) mass is 299 g/mol. The van der Waals surface area contributed by atoms with E-state index in [0.717, 1.165) is 12.1 Å². The minimum Gasteiger partial charge on any atom is -0.437 e. The van der Waals surface area contributed by atoms with Crippen LogP contribution in [-0.2, 0) is 6.18 Å². The number of anilines is 1. The van der Waals surface area contributed by atoms with Crippen LogP contribution in [0.25, 0.3) is 0 Å². The van der Waals surface area contributed by atoms with Crippen LogP contribution in [0.5, 0.6) is 11.6 Å². The van der Waals surface area contributed by atoms with Crippen molar-refractivity contribution in [2.45, 2.75) is 33.0 Å². The van der Waals surface area contributed by atoms with Gasteiger partial charge < -0.3 is 10.5 Å². The lowest BCUT2D eigenvalue weighted by Gasteiger charge is -2.13. The van der Waals surface area contributed by atoms with Crippen molar-refractivity contribution in [2.24, 2.45) is 0 Å². The molecule has 0 amide bonds. The molecule has 21 heavy (non-hydrogen) atoms. The summed E-state index contributed by atoms with van der Waals surface area (Å²) in [7, 11) is 0. The van der Waals surface area contributed by atoms with Gasteiger partial charge in [-0.1, -0.05) is 6.07 Å². The Morgan fingerprint density at radius 3 is 2.52 bits per heavy atom. The number of hydrogen-bond donors (Lipinski definition) is 1. The van der Waals surface area contributed by atoms with Gasteiger partial charge in [-0.3, -0.25) is 0 Å². The van der Waals surface area contributed by atoms with E-state index in [2.05, 4.69) is 5.10 Å². The molecule has 0 radical (unpaired) electrons. The highest BCUT2D eigenvalue weighted by molar-refractivity contribution is 5.54. The zero-order chi connectivity index (χ0) is 15.8. The third-order valence-electron chi connectivity index (χ3n) is 2.95. The number of nitrogens with zero attached hydrogens (tertiary/aromatic N) is 2. The van der Waals surface area contributed by atoms with Crippen molar-refractivity contribution in [1.82, 2.24) is 9.78 Å². The second-order valence-electron chi connectivity index (χ2n) is 4.97. The molecule has 0 aliphatic carbocycles. The highest BCUT2D eigenvalue weighted by Crippen LogP contribution is 2.35. The highest BCUT2D eigenvalue weighted by Gasteiger charge is 2.30. The Balaban J connectivity index is 2.39. The van der Waals surface area contributed by atoms with Crippen molar-refractivity contribution in [3.05, 3.63) is 35.5 Å². The van der Waals surface area contributed by atoms with Crippen LogP contribution in [0.3, 0.4) is 0 Å². The summed E-state index contributed by atoms with van der Waals surface area (Å²) in [4.78, 5) is 0. The van der Waals surface area contributed by atoms with Gasteiger partial charge in [0.05, 0.1) is 17.3 Å². The topological polar surface area (TPSA) is 53.1 Å². The summed E-state index contributed by atoms with van der Waals surface area (Å²) in [6.07, 6.45) is -4.42. The first-order valence-corrected chi connectivity index (χ1v) is 6.40. The fourth-order valence-corrected chi connectivity index (χ4v) is 1.84. The van der Waals surface area contributed by atoms with Gasteiger partial charge in [-0.25, -0.2) is 4.68 Å². The number of alkyl halides is 3. The number of aryl methyl sites for hydroxylation is 1. The van der Waals surface area contributed by atoms with E-state index in [-0.39, 0.29) is 17.7 Å². The number of rotatable bonds is 3. The summed E-state index contributed by atoms with van der Waals surface area (Å²) < 4.78 is 45.2. The highest BCUT2D eigenvalue weighted by atomic mass is 19.4. The van der Waals surface area contributed by atoms with Crippen LogP contribution in [0.4, 0.5) is 18.9 Å². The molecule has 0 saturated carbocycles. The average Bonchev–Trinajstić information content (AvgIpc) is 2.67. The predicted molar refractivity (Wildman–Crippen MR) is 73.3 cm³/mol. The van der Waals surface area contributed by atoms with Gasteiger partial charge in [0.15, 0.2) is 0 Å². The molecule has 4 nitrogen and oxygen atoms in total. The minimum atomic E-state index is -4.42. The molecule has 114 valence electrons. The summed E-state index contributed by atoms with van der Waals surface area (Å²) in [5.41, 5.74) is 6.01. The predicted octanol–water partition coefficient (Wildman–Crippen LogP) is 4.17. The fourth-order valence-electron chi connectivity index (χ4n) is 1.84. The molecule has 7 heteroatoms. The second-order valence-corrected chi connectivity index (χ2v) is 4.97. The Labute approximate surface area is 120 Å². The third-order valence-corrected chi connectivity index (χ3v) is 2.95. The van der Waals surface area contributed by atoms with Gasteiger partial charge in [0.1, 0.15) is 11.4 Å². The van der Waals surface area contributed by atoms with E-state index in [1.807, 2.05) is 13.8 Å². The van der Waals surface area contributed by atoms with Crippen LogP contribution in [0.2, 0.25) is 0 Å². The van der Waals surface area contributed by atoms with E-state index in [9.17, 15) is 13.2 Å². The normalized spacial score (nSPS) is 12.0. The molecular weight excluding hydrogens is 283 g/mol. The molecule has 2 aromatic rings. The lowest BCUT2D eigenvalue weighted by atomic mass is 10.2.